The van der Waals surface area contributed by atoms with E-state index in [1.807, 2.05) is 6.07 Å². The van der Waals surface area contributed by atoms with Gasteiger partial charge in [-0.15, -0.1) is 0 Å². The standard InChI is InChI=1S/C13H18ClIN2/c14-12-10-11(15)4-5-13(12)16-6-3-9-17-7-1-2-8-17/h4-5,10,16H,1-3,6-9H2. The maximum absolute atomic E-state index is 6.16. The van der Waals surface area contributed by atoms with Gasteiger partial charge in [-0.2, -0.15) is 0 Å². The van der Waals surface area contributed by atoms with Gasteiger partial charge in [-0.25, -0.2) is 0 Å². The van der Waals surface area contributed by atoms with Crippen LogP contribution < -0.4 is 5.32 Å². The van der Waals surface area contributed by atoms with Crippen LogP contribution in [0.25, 0.3) is 0 Å². The minimum absolute atomic E-state index is 0.818. The molecule has 0 unspecified atom stereocenters. The van der Waals surface area contributed by atoms with E-state index in [4.69, 9.17) is 11.6 Å². The van der Waals surface area contributed by atoms with Gasteiger partial charge in [0.1, 0.15) is 0 Å². The van der Waals surface area contributed by atoms with Crippen LogP contribution in [0.5, 0.6) is 0 Å². The van der Waals surface area contributed by atoms with Gasteiger partial charge in [-0.1, -0.05) is 11.6 Å². The molecule has 1 aromatic carbocycles. The van der Waals surface area contributed by atoms with Gasteiger partial charge in [-0.05, 0) is 79.7 Å². The lowest BCUT2D eigenvalue weighted by atomic mass is 10.3. The summed E-state index contributed by atoms with van der Waals surface area (Å²) < 4.78 is 1.18. The van der Waals surface area contributed by atoms with Crippen molar-refractivity contribution in [1.29, 1.82) is 0 Å². The molecule has 2 nitrogen and oxygen atoms in total. The number of halogens is 2. The van der Waals surface area contributed by atoms with Gasteiger partial charge in [0.05, 0.1) is 10.7 Å². The molecule has 2 rings (SSSR count). The molecule has 0 aliphatic carbocycles. The molecule has 4 heteroatoms. The molecular weight excluding hydrogens is 347 g/mol. The maximum atomic E-state index is 6.16. The molecule has 94 valence electrons. The maximum Gasteiger partial charge on any atom is 0.0648 e. The molecular formula is C13H18ClIN2. The van der Waals surface area contributed by atoms with Crippen molar-refractivity contribution < 1.29 is 0 Å². The van der Waals surface area contributed by atoms with E-state index >= 15 is 0 Å². The third-order valence-electron chi connectivity index (χ3n) is 3.10. The second-order valence-electron chi connectivity index (χ2n) is 4.45. The second kappa shape index (κ2) is 6.81. The summed E-state index contributed by atoms with van der Waals surface area (Å²) >= 11 is 8.43. The van der Waals surface area contributed by atoms with E-state index in [0.717, 1.165) is 17.3 Å². The van der Waals surface area contributed by atoms with Gasteiger partial charge in [0.2, 0.25) is 0 Å². The topological polar surface area (TPSA) is 15.3 Å². The molecule has 0 saturated carbocycles. The zero-order valence-electron chi connectivity index (χ0n) is 9.88. The first-order valence-corrected chi connectivity index (χ1v) is 7.62. The summed E-state index contributed by atoms with van der Waals surface area (Å²) in [5.41, 5.74) is 1.05. The van der Waals surface area contributed by atoms with Crippen LogP contribution in [0.3, 0.4) is 0 Å². The van der Waals surface area contributed by atoms with Crippen LogP contribution in [-0.2, 0) is 0 Å². The summed E-state index contributed by atoms with van der Waals surface area (Å²) in [6.45, 7) is 4.76. The van der Waals surface area contributed by atoms with E-state index < -0.39 is 0 Å². The highest BCUT2D eigenvalue weighted by Gasteiger charge is 2.10. The minimum Gasteiger partial charge on any atom is -0.384 e. The number of hydrogen-bond donors (Lipinski definition) is 1. The molecule has 1 aromatic rings. The number of benzene rings is 1. The Morgan fingerprint density at radius 1 is 1.29 bits per heavy atom. The van der Waals surface area contributed by atoms with E-state index in [-0.39, 0.29) is 0 Å². The number of nitrogens with one attached hydrogen (secondary N) is 1. The Bertz CT molecular complexity index is 364. The Morgan fingerprint density at radius 3 is 2.76 bits per heavy atom. The van der Waals surface area contributed by atoms with Gasteiger partial charge in [0.15, 0.2) is 0 Å². The summed E-state index contributed by atoms with van der Waals surface area (Å²) in [5.74, 6) is 0. The van der Waals surface area contributed by atoms with Crippen LogP contribution in [0.1, 0.15) is 19.3 Å². The fourth-order valence-electron chi connectivity index (χ4n) is 2.16. The average Bonchev–Trinajstić information content (AvgIpc) is 2.79. The molecule has 0 radical (unpaired) electrons. The zero-order chi connectivity index (χ0) is 12.1. The van der Waals surface area contributed by atoms with Crippen molar-refractivity contribution in [2.24, 2.45) is 0 Å². The van der Waals surface area contributed by atoms with Crippen LogP contribution in [-0.4, -0.2) is 31.1 Å². The highest BCUT2D eigenvalue weighted by atomic mass is 127. The summed E-state index contributed by atoms with van der Waals surface area (Å²) in [4.78, 5) is 2.54. The second-order valence-corrected chi connectivity index (χ2v) is 6.11. The summed E-state index contributed by atoms with van der Waals surface area (Å²) in [5, 5.41) is 4.22. The number of rotatable bonds is 5. The number of likely N-dealkylation sites (tertiary alicyclic amines) is 1. The van der Waals surface area contributed by atoms with E-state index in [0.29, 0.717) is 0 Å². The van der Waals surface area contributed by atoms with E-state index in [1.165, 1.54) is 42.5 Å². The quantitative estimate of drug-likeness (QED) is 0.631. The molecule has 1 fully saturated rings. The predicted molar refractivity (Wildman–Crippen MR) is 82.9 cm³/mol. The molecule has 0 aromatic heterocycles. The molecule has 0 bridgehead atoms. The molecule has 0 amide bonds. The van der Waals surface area contributed by atoms with Crippen molar-refractivity contribution in [3.63, 3.8) is 0 Å². The summed E-state index contributed by atoms with van der Waals surface area (Å²) in [7, 11) is 0. The van der Waals surface area contributed by atoms with Gasteiger partial charge < -0.3 is 10.2 Å². The number of hydrogen-bond acceptors (Lipinski definition) is 2. The lowest BCUT2D eigenvalue weighted by Gasteiger charge is -2.15. The monoisotopic (exact) mass is 364 g/mol. The Kier molecular flexibility index (Phi) is 5.38. The number of nitrogens with zero attached hydrogens (tertiary/aromatic N) is 1. The van der Waals surface area contributed by atoms with Crippen molar-refractivity contribution in [1.82, 2.24) is 4.90 Å². The fraction of sp³-hybridized carbons (Fsp3) is 0.538. The largest absolute Gasteiger partial charge is 0.384 e. The van der Waals surface area contributed by atoms with Gasteiger partial charge in [-0.3, -0.25) is 0 Å². The molecule has 0 atom stereocenters. The SMILES string of the molecule is Clc1cc(I)ccc1NCCCN1CCCC1. The molecule has 1 aliphatic rings. The van der Waals surface area contributed by atoms with Crippen LogP contribution in [0.4, 0.5) is 5.69 Å². The molecule has 17 heavy (non-hydrogen) atoms. The first-order valence-electron chi connectivity index (χ1n) is 6.17. The van der Waals surface area contributed by atoms with Crippen molar-refractivity contribution in [3.8, 4) is 0 Å². The predicted octanol–water partition coefficient (Wildman–Crippen LogP) is 3.84. The van der Waals surface area contributed by atoms with E-state index in [2.05, 4.69) is 44.9 Å². The minimum atomic E-state index is 0.818. The lowest BCUT2D eigenvalue weighted by Crippen LogP contribution is -2.22. The highest BCUT2D eigenvalue weighted by molar-refractivity contribution is 14.1. The van der Waals surface area contributed by atoms with E-state index in [1.54, 1.807) is 0 Å². The zero-order valence-corrected chi connectivity index (χ0v) is 12.8. The fourth-order valence-corrected chi connectivity index (χ4v) is 3.09. The van der Waals surface area contributed by atoms with Crippen molar-refractivity contribution in [2.45, 2.75) is 19.3 Å². The Morgan fingerprint density at radius 2 is 2.06 bits per heavy atom. The smallest absolute Gasteiger partial charge is 0.0648 e. The third kappa shape index (κ3) is 4.30. The summed E-state index contributed by atoms with van der Waals surface area (Å²) in [6.07, 6.45) is 3.93. The van der Waals surface area contributed by atoms with Gasteiger partial charge in [0.25, 0.3) is 0 Å². The lowest BCUT2D eigenvalue weighted by molar-refractivity contribution is 0.337. The Labute approximate surface area is 122 Å². The average molecular weight is 365 g/mol. The first kappa shape index (κ1) is 13.4. The highest BCUT2D eigenvalue weighted by Crippen LogP contribution is 2.23. The summed E-state index contributed by atoms with van der Waals surface area (Å²) in [6, 6.07) is 6.13. The van der Waals surface area contributed by atoms with Crippen LogP contribution in [0, 0.1) is 3.57 Å². The molecule has 1 heterocycles. The van der Waals surface area contributed by atoms with Crippen LogP contribution in [0.2, 0.25) is 5.02 Å². The Hall–Kier alpha value is -0.000000000000000132. The normalized spacial score (nSPS) is 16.4. The number of anilines is 1. The van der Waals surface area contributed by atoms with Crippen LogP contribution in [0.15, 0.2) is 18.2 Å². The van der Waals surface area contributed by atoms with Gasteiger partial charge in [0, 0.05) is 10.1 Å². The first-order chi connectivity index (χ1) is 8.25. The van der Waals surface area contributed by atoms with Gasteiger partial charge >= 0.3 is 0 Å². The van der Waals surface area contributed by atoms with E-state index in [9.17, 15) is 0 Å². The molecule has 1 saturated heterocycles. The molecule has 0 spiro atoms. The van der Waals surface area contributed by atoms with Crippen molar-refractivity contribution in [2.75, 3.05) is 31.5 Å². The molecule has 1 N–H and O–H groups in total. The molecule has 1 aliphatic heterocycles. The van der Waals surface area contributed by atoms with Crippen LogP contribution >= 0.6 is 34.2 Å². The van der Waals surface area contributed by atoms with Crippen molar-refractivity contribution >= 4 is 39.9 Å². The Balaban J connectivity index is 1.70. The van der Waals surface area contributed by atoms with Crippen molar-refractivity contribution in [3.05, 3.63) is 26.8 Å². The third-order valence-corrected chi connectivity index (χ3v) is 4.08.